The molecule has 2 aromatic carbocycles. The molecule has 0 saturated heterocycles. The van der Waals surface area contributed by atoms with Crippen LogP contribution in [0.4, 0.5) is 0 Å². The molecule has 0 bridgehead atoms. The second-order valence-corrected chi connectivity index (χ2v) is 11.0. The van der Waals surface area contributed by atoms with Crippen molar-refractivity contribution in [2.75, 3.05) is 12.0 Å². The van der Waals surface area contributed by atoms with Crippen LogP contribution in [-0.2, 0) is 32.0 Å². The summed E-state index contributed by atoms with van der Waals surface area (Å²) in [5.41, 5.74) is 13.4. The summed E-state index contributed by atoms with van der Waals surface area (Å²) < 4.78 is 0. The van der Waals surface area contributed by atoms with E-state index in [-0.39, 0.29) is 12.3 Å². The SMILES string of the molecule is CSCC[C@H](NC(=O)[C@H](CC(C)C)NC(=O)[C@@H](Cc1ccccc1)NC(=O)[C@@H](N)Cc1ccccc1)C(N)=O. The number of nitrogens with two attached hydrogens (primary N) is 2. The standard InChI is InChI=1S/C29H41N5O4S/c1-19(2)16-24(28(37)32-23(26(31)35)14-15-39-3)34-29(38)25(18-21-12-8-5-9-13-21)33-27(36)22(30)17-20-10-6-4-7-11-20/h4-13,19,22-25H,14-18,30H2,1-3H3,(H2,31,35)(H,32,37)(H,33,36)(H,34,38)/t22-,23-,24-,25+/m0/s1. The average molecular weight is 556 g/mol. The fourth-order valence-electron chi connectivity index (χ4n) is 4.07. The van der Waals surface area contributed by atoms with E-state index in [0.717, 1.165) is 11.1 Å². The van der Waals surface area contributed by atoms with Crippen LogP contribution in [0.25, 0.3) is 0 Å². The fraction of sp³-hybridized carbons (Fsp3) is 0.448. The minimum Gasteiger partial charge on any atom is -0.368 e. The lowest BCUT2D eigenvalue weighted by Gasteiger charge is -2.26. The lowest BCUT2D eigenvalue weighted by atomic mass is 10.00. The number of rotatable bonds is 16. The van der Waals surface area contributed by atoms with Gasteiger partial charge >= 0.3 is 0 Å². The third kappa shape index (κ3) is 11.5. The summed E-state index contributed by atoms with van der Waals surface area (Å²) in [6.07, 6.45) is 3.15. The normalized spacial score (nSPS) is 14.1. The lowest BCUT2D eigenvalue weighted by molar-refractivity contribution is -0.133. The maximum Gasteiger partial charge on any atom is 0.243 e. The average Bonchev–Trinajstić information content (AvgIpc) is 2.90. The number of hydrogen-bond acceptors (Lipinski definition) is 6. The van der Waals surface area contributed by atoms with Crippen LogP contribution in [0.5, 0.6) is 0 Å². The van der Waals surface area contributed by atoms with Gasteiger partial charge in [-0.05, 0) is 48.3 Å². The molecular formula is C29H41N5O4S. The maximum atomic E-state index is 13.5. The third-order valence-electron chi connectivity index (χ3n) is 6.16. The van der Waals surface area contributed by atoms with Crippen LogP contribution >= 0.6 is 11.8 Å². The summed E-state index contributed by atoms with van der Waals surface area (Å²) in [7, 11) is 0. The summed E-state index contributed by atoms with van der Waals surface area (Å²) in [6.45, 7) is 3.86. The molecule has 2 rings (SSSR count). The molecule has 0 aliphatic heterocycles. The molecule has 0 aliphatic carbocycles. The Balaban J connectivity index is 2.19. The molecule has 4 atom stereocenters. The van der Waals surface area contributed by atoms with Crippen molar-refractivity contribution in [3.8, 4) is 0 Å². The topological polar surface area (TPSA) is 156 Å². The molecule has 0 unspecified atom stereocenters. The first-order valence-electron chi connectivity index (χ1n) is 13.1. The summed E-state index contributed by atoms with van der Waals surface area (Å²) in [6, 6.07) is 15.1. The number of nitrogens with one attached hydrogen (secondary N) is 3. The number of amides is 4. The van der Waals surface area contributed by atoms with Gasteiger partial charge in [0.25, 0.3) is 0 Å². The number of carbonyl (C=O) groups is 4. The van der Waals surface area contributed by atoms with Gasteiger partial charge in [0.05, 0.1) is 6.04 Å². The Morgan fingerprint density at radius 3 is 1.74 bits per heavy atom. The Labute approximate surface area is 235 Å². The van der Waals surface area contributed by atoms with E-state index in [0.29, 0.717) is 25.0 Å². The Morgan fingerprint density at radius 1 is 0.744 bits per heavy atom. The molecule has 4 amide bonds. The molecule has 7 N–H and O–H groups in total. The van der Waals surface area contributed by atoms with E-state index in [1.807, 2.05) is 80.8 Å². The zero-order valence-electron chi connectivity index (χ0n) is 22.9. The summed E-state index contributed by atoms with van der Waals surface area (Å²) in [4.78, 5) is 51.6. The molecule has 212 valence electrons. The molecule has 0 aliphatic rings. The molecule has 2 aromatic rings. The van der Waals surface area contributed by atoms with Crippen LogP contribution in [0.3, 0.4) is 0 Å². The molecule has 9 nitrogen and oxygen atoms in total. The molecule has 39 heavy (non-hydrogen) atoms. The maximum absolute atomic E-state index is 13.5. The summed E-state index contributed by atoms with van der Waals surface area (Å²) >= 11 is 1.54. The van der Waals surface area contributed by atoms with Crippen LogP contribution in [0, 0.1) is 5.92 Å². The molecule has 0 radical (unpaired) electrons. The zero-order valence-corrected chi connectivity index (χ0v) is 23.7. The second-order valence-electron chi connectivity index (χ2n) is 9.98. The van der Waals surface area contributed by atoms with E-state index >= 15 is 0 Å². The Hall–Kier alpha value is -3.37. The lowest BCUT2D eigenvalue weighted by Crippen LogP contribution is -2.58. The van der Waals surface area contributed by atoms with Crippen LogP contribution in [0.1, 0.15) is 37.8 Å². The van der Waals surface area contributed by atoms with E-state index in [4.69, 9.17) is 11.5 Å². The number of primary amides is 1. The largest absolute Gasteiger partial charge is 0.368 e. The second kappa shape index (κ2) is 16.6. The minimum absolute atomic E-state index is 0.0701. The van der Waals surface area contributed by atoms with E-state index in [2.05, 4.69) is 16.0 Å². The van der Waals surface area contributed by atoms with Crippen molar-refractivity contribution in [1.82, 2.24) is 16.0 Å². The number of carbonyl (C=O) groups excluding carboxylic acids is 4. The molecule has 0 saturated carbocycles. The fourth-order valence-corrected chi connectivity index (χ4v) is 4.54. The van der Waals surface area contributed by atoms with Crippen LogP contribution < -0.4 is 27.4 Å². The first-order valence-corrected chi connectivity index (χ1v) is 14.5. The first-order chi connectivity index (χ1) is 18.6. The van der Waals surface area contributed by atoms with Gasteiger partial charge in [-0.25, -0.2) is 0 Å². The highest BCUT2D eigenvalue weighted by Crippen LogP contribution is 2.10. The summed E-state index contributed by atoms with van der Waals surface area (Å²) in [5, 5.41) is 8.27. The van der Waals surface area contributed by atoms with Crippen molar-refractivity contribution in [2.24, 2.45) is 17.4 Å². The van der Waals surface area contributed by atoms with Gasteiger partial charge in [-0.1, -0.05) is 74.5 Å². The van der Waals surface area contributed by atoms with Crippen molar-refractivity contribution in [3.63, 3.8) is 0 Å². The zero-order chi connectivity index (χ0) is 28.8. The predicted molar refractivity (Wildman–Crippen MR) is 156 cm³/mol. The van der Waals surface area contributed by atoms with E-state index in [1.165, 1.54) is 11.8 Å². The molecule has 0 heterocycles. The van der Waals surface area contributed by atoms with Crippen LogP contribution in [0.15, 0.2) is 60.7 Å². The molecule has 0 fully saturated rings. The highest BCUT2D eigenvalue weighted by Gasteiger charge is 2.30. The van der Waals surface area contributed by atoms with Gasteiger partial charge < -0.3 is 27.4 Å². The molecular weight excluding hydrogens is 514 g/mol. The minimum atomic E-state index is -0.965. The van der Waals surface area contributed by atoms with Gasteiger partial charge in [-0.2, -0.15) is 11.8 Å². The van der Waals surface area contributed by atoms with Crippen LogP contribution in [-0.4, -0.2) is 59.8 Å². The third-order valence-corrected chi connectivity index (χ3v) is 6.81. The van der Waals surface area contributed by atoms with E-state index < -0.39 is 47.8 Å². The van der Waals surface area contributed by atoms with Crippen molar-refractivity contribution in [3.05, 3.63) is 71.8 Å². The smallest absolute Gasteiger partial charge is 0.243 e. The van der Waals surface area contributed by atoms with Gasteiger partial charge in [-0.3, -0.25) is 19.2 Å². The highest BCUT2D eigenvalue weighted by atomic mass is 32.2. The Kier molecular flexibility index (Phi) is 13.5. The summed E-state index contributed by atoms with van der Waals surface area (Å²) in [5.74, 6) is -1.39. The van der Waals surface area contributed by atoms with Crippen molar-refractivity contribution >= 4 is 35.4 Å². The number of hydrogen-bond donors (Lipinski definition) is 5. The van der Waals surface area contributed by atoms with Crippen molar-refractivity contribution < 1.29 is 19.2 Å². The van der Waals surface area contributed by atoms with Gasteiger partial charge in [0.15, 0.2) is 0 Å². The van der Waals surface area contributed by atoms with Gasteiger partial charge in [0, 0.05) is 6.42 Å². The molecule has 10 heteroatoms. The monoisotopic (exact) mass is 555 g/mol. The van der Waals surface area contributed by atoms with E-state index in [1.54, 1.807) is 0 Å². The first kappa shape index (κ1) is 31.8. The van der Waals surface area contributed by atoms with Gasteiger partial charge in [-0.15, -0.1) is 0 Å². The van der Waals surface area contributed by atoms with Crippen molar-refractivity contribution in [2.45, 2.75) is 63.7 Å². The van der Waals surface area contributed by atoms with Gasteiger partial charge in [0.1, 0.15) is 18.1 Å². The van der Waals surface area contributed by atoms with Gasteiger partial charge in [0.2, 0.25) is 23.6 Å². The van der Waals surface area contributed by atoms with Crippen LogP contribution in [0.2, 0.25) is 0 Å². The molecule has 0 spiro atoms. The predicted octanol–water partition coefficient (Wildman–Crippen LogP) is 1.54. The quantitative estimate of drug-likeness (QED) is 0.212. The number of thioether (sulfide) groups is 1. The Morgan fingerprint density at radius 2 is 1.23 bits per heavy atom. The van der Waals surface area contributed by atoms with E-state index in [9.17, 15) is 19.2 Å². The Bertz CT molecular complexity index is 1070. The number of benzene rings is 2. The highest BCUT2D eigenvalue weighted by molar-refractivity contribution is 7.98. The van der Waals surface area contributed by atoms with Crippen molar-refractivity contribution in [1.29, 1.82) is 0 Å². The molecule has 0 aromatic heterocycles.